The predicted molar refractivity (Wildman–Crippen MR) is 518 cm³/mol. The van der Waals surface area contributed by atoms with Crippen LogP contribution in [-0.4, -0.2) is 292 Å². The van der Waals surface area contributed by atoms with E-state index in [-0.39, 0.29) is 166 Å². The standard InChI is InChI=1S/C101H144F2N12O26S/c1-8-19-91-140-86-61-75-76-60-78(102)77-59-71(117)34-37-98(77,5)100(76,103)84(119)62-99(75,6)101(86,141-91)85(120)64-138-72-31-28-69(29-32-72)106-96(125)67(4)58-82(118)92(66(2)3)108-97(126)79(24-16-17-38-104-89(123)65-139-83-27-11-9-10-26-81-94(83)110-112-115(81)40-44-133-48-52-137-56-55-135-50-46-131-42-35-87(121)105-39-57-142(127,128)129)107-88(122)36-43-132-47-51-136-54-53-134-49-45-130-41-18-21-70(116)30-33-90(124)114-63-68-20-12-13-22-73(68)95-93(109-111-113(95)7)74-23-14-15-25-80(74)114/h12-15,20,22-23,25,28-29,31-32,34,37,59,66-67,75-76,78-79,83-84,86,91-92,109-112,119H,8-11,16-19,21,24,26-27,30,33,35-36,38-58,60-65H2,1-7H3,(H,104,123)(H,105,121)(H,106,125)(H,107,122)(H,108,126)(H,127,128,129)/t67-,75+,76+,78+,79-,83?,84+,86-,91?,92+,98+,99+,100+,101-/m1/s1. The van der Waals surface area contributed by atoms with E-state index in [1.54, 1.807) is 56.9 Å². The van der Waals surface area contributed by atoms with Gasteiger partial charge in [0.05, 0.1) is 165 Å². The summed E-state index contributed by atoms with van der Waals surface area (Å²) in [5.41, 5.74) is 13.6. The number of anilines is 2. The maximum absolute atomic E-state index is 18.1. The number of hydrazine groups is 4. The van der Waals surface area contributed by atoms with E-state index in [0.717, 1.165) is 76.9 Å². The molecular weight excluding hydrogens is 1870 g/mol. The number of allylic oxidation sites excluding steroid dienone is 5. The molecule has 1 saturated heterocycles. The lowest BCUT2D eigenvalue weighted by Crippen LogP contribution is -2.71. The summed E-state index contributed by atoms with van der Waals surface area (Å²) in [7, 11) is -2.22. The fraction of sp³-hybridized carbons (Fsp3) is 0.644. The first-order valence-corrected chi connectivity index (χ1v) is 51.6. The highest BCUT2D eigenvalue weighted by Gasteiger charge is 2.80. The molecule has 6 amide bonds. The van der Waals surface area contributed by atoms with E-state index in [4.69, 9.17) is 61.4 Å². The lowest BCUT2D eigenvalue weighted by Gasteiger charge is -2.63. The Balaban J connectivity index is 0.562. The maximum Gasteiger partial charge on any atom is 0.266 e. The molecule has 3 aromatic rings. The Morgan fingerprint density at radius 1 is 0.676 bits per heavy atom. The summed E-state index contributed by atoms with van der Waals surface area (Å²) in [6.45, 7) is 14.7. The summed E-state index contributed by atoms with van der Waals surface area (Å²) < 4.78 is 136. The summed E-state index contributed by atoms with van der Waals surface area (Å²) in [6.07, 6.45) is 4.75. The molecule has 38 nitrogen and oxygen atoms in total. The number of halogens is 2. The Labute approximate surface area is 829 Å². The van der Waals surface area contributed by atoms with E-state index < -0.39 is 152 Å². The molecule has 2 unspecified atom stereocenters. The molecule has 0 aromatic heterocycles. The SMILES string of the molecule is CCCC1O[C@@H]2C[C@H]3[C@@H]4C[C@H](F)C5=CC(=O)C=C[C@]5(C)[C@@]4(F)[C@@H](O)C[C@]3(C)[C@]2(C(=O)COc2ccc(NC(=O)[C@H](C)CC(=O)[C@@H](NC(=O)[C@@H](CCCCNC(=O)COC3CCCCCC4=C3NNN4CCOCCOCCOCCOCCC(=O)NCCS(=O)(=O)O)NC(=O)CCOCCOCCOCCOCCCC(=O)CCC(=O)N3Cc4ccccc4C4=C(NNN4C)c4ccccc43)C(C)C)cc2)O1. The summed E-state index contributed by atoms with van der Waals surface area (Å²) >= 11 is 0. The number of carbonyl (C=O) groups is 10. The minimum atomic E-state index is -4.16. The summed E-state index contributed by atoms with van der Waals surface area (Å²) in [4.78, 5) is 138. The number of ketones is 4. The first-order valence-electron chi connectivity index (χ1n) is 50.0. The van der Waals surface area contributed by atoms with Gasteiger partial charge in [-0.2, -0.15) is 8.42 Å². The van der Waals surface area contributed by atoms with Crippen LogP contribution in [0.1, 0.15) is 187 Å². The van der Waals surface area contributed by atoms with Crippen molar-refractivity contribution in [3.05, 3.63) is 125 Å². The van der Waals surface area contributed by atoms with Crippen molar-refractivity contribution in [3.63, 3.8) is 0 Å². The van der Waals surface area contributed by atoms with Crippen molar-refractivity contribution < 1.29 is 132 Å². The largest absolute Gasteiger partial charge is 0.486 e. The maximum atomic E-state index is 18.1. The first kappa shape index (κ1) is 111. The lowest BCUT2D eigenvalue weighted by molar-refractivity contribution is -0.234. The highest BCUT2D eigenvalue weighted by atomic mass is 32.2. The number of para-hydroxylation sites is 1. The number of aliphatic hydroxyl groups excluding tert-OH is 1. The Hall–Kier alpha value is -9.67. The number of nitrogens with zero attached hydrogens (tertiary/aromatic N) is 3. The van der Waals surface area contributed by atoms with Gasteiger partial charge in [0.2, 0.25) is 41.2 Å². The quantitative estimate of drug-likeness (QED) is 0.0192. The van der Waals surface area contributed by atoms with E-state index >= 15 is 8.78 Å². The number of ether oxygens (including phenoxy) is 12. The van der Waals surface area contributed by atoms with E-state index in [1.807, 2.05) is 72.5 Å². The van der Waals surface area contributed by atoms with Crippen molar-refractivity contribution in [2.75, 3.05) is 162 Å². The third-order valence-electron chi connectivity index (χ3n) is 28.1. The fourth-order valence-electron chi connectivity index (χ4n) is 20.7. The molecule has 12 rings (SSSR count). The zero-order valence-electron chi connectivity index (χ0n) is 82.6. The summed E-state index contributed by atoms with van der Waals surface area (Å²) in [5.74, 6) is -7.39. The molecule has 11 N–H and O–H groups in total. The van der Waals surface area contributed by atoms with Crippen LogP contribution in [0.5, 0.6) is 5.75 Å². The van der Waals surface area contributed by atoms with Crippen LogP contribution in [0, 0.1) is 34.5 Å². The molecule has 41 heteroatoms. The van der Waals surface area contributed by atoms with Crippen molar-refractivity contribution in [1.29, 1.82) is 0 Å². The molecule has 9 aliphatic rings. The Morgan fingerprint density at radius 3 is 2.01 bits per heavy atom. The van der Waals surface area contributed by atoms with Crippen LogP contribution in [0.15, 0.2) is 108 Å². The van der Waals surface area contributed by atoms with Gasteiger partial charge in [0.1, 0.15) is 43.1 Å². The van der Waals surface area contributed by atoms with Crippen molar-refractivity contribution in [2.45, 2.75) is 231 Å². The van der Waals surface area contributed by atoms with Crippen molar-refractivity contribution in [2.24, 2.45) is 34.5 Å². The number of amides is 6. The second-order valence-corrected chi connectivity index (χ2v) is 39.9. The number of fused-ring (bicyclic) bond motifs is 11. The number of alkyl halides is 2. The minimum absolute atomic E-state index is 0.00905. The molecule has 4 heterocycles. The molecule has 5 aliphatic carbocycles. The Kier molecular flexibility index (Phi) is 41.8. The van der Waals surface area contributed by atoms with Gasteiger partial charge in [0.25, 0.3) is 10.1 Å². The van der Waals surface area contributed by atoms with Gasteiger partial charge in [-0.3, -0.25) is 62.5 Å². The third-order valence-corrected chi connectivity index (χ3v) is 28.8. The van der Waals surface area contributed by atoms with Gasteiger partial charge in [0.15, 0.2) is 29.1 Å². The molecule has 0 bridgehead atoms. The average Bonchev–Trinajstić information content (AvgIpc) is 1.47. The summed E-state index contributed by atoms with van der Waals surface area (Å²) in [6, 6.07) is 19.7. The molecule has 784 valence electrons. The van der Waals surface area contributed by atoms with E-state index in [2.05, 4.69) is 48.5 Å². The normalized spacial score (nSPS) is 24.4. The van der Waals surface area contributed by atoms with E-state index in [9.17, 15) is 61.5 Å². The van der Waals surface area contributed by atoms with Crippen LogP contribution in [0.2, 0.25) is 0 Å². The zero-order valence-corrected chi connectivity index (χ0v) is 83.4. The van der Waals surface area contributed by atoms with E-state index in [1.165, 1.54) is 19.1 Å². The van der Waals surface area contributed by atoms with Crippen molar-refractivity contribution >= 4 is 91.5 Å². The molecule has 0 spiro atoms. The van der Waals surface area contributed by atoms with Gasteiger partial charge in [-0.1, -0.05) is 102 Å². The van der Waals surface area contributed by atoms with Crippen molar-refractivity contribution in [1.82, 2.24) is 53.2 Å². The van der Waals surface area contributed by atoms with Crippen LogP contribution < -0.4 is 58.1 Å². The van der Waals surface area contributed by atoms with Gasteiger partial charge in [-0.05, 0) is 143 Å². The number of hydrogen-bond acceptors (Lipinski definition) is 31. The van der Waals surface area contributed by atoms with Crippen LogP contribution >= 0.6 is 0 Å². The molecule has 14 atom stereocenters. The predicted octanol–water partition coefficient (Wildman–Crippen LogP) is 7.55. The smallest absolute Gasteiger partial charge is 0.266 e. The van der Waals surface area contributed by atoms with Gasteiger partial charge in [-0.15, -0.1) is 11.1 Å². The lowest BCUT2D eigenvalue weighted by atomic mass is 9.44. The number of benzene rings is 3. The molecule has 142 heavy (non-hydrogen) atoms. The molecular formula is C101H144F2N12O26S. The number of Topliss-reactive ketones (excluding diaryl/α,β-unsaturated/α-hetero) is 3. The second kappa shape index (κ2) is 53.4. The van der Waals surface area contributed by atoms with Crippen LogP contribution in [0.4, 0.5) is 20.2 Å². The topological polar surface area (TPSA) is 474 Å². The number of unbranched alkanes of at least 4 members (excludes halogenated alkanes) is 1. The summed E-state index contributed by atoms with van der Waals surface area (Å²) in [5, 5.41) is 29.9. The fourth-order valence-corrected chi connectivity index (χ4v) is 21.0. The highest BCUT2D eigenvalue weighted by Crippen LogP contribution is 2.72. The number of carbonyl (C=O) groups excluding carboxylic acids is 10. The van der Waals surface area contributed by atoms with Gasteiger partial charge in [0, 0.05) is 105 Å². The number of aliphatic hydroxyl groups is 1. The monoisotopic (exact) mass is 2010 g/mol. The van der Waals surface area contributed by atoms with Crippen molar-refractivity contribution in [3.8, 4) is 5.75 Å². The van der Waals surface area contributed by atoms with Crippen LogP contribution in [0.3, 0.4) is 0 Å². The second-order valence-electron chi connectivity index (χ2n) is 38.3. The zero-order chi connectivity index (χ0) is 102. The van der Waals surface area contributed by atoms with Gasteiger partial charge < -0.3 is 104 Å². The van der Waals surface area contributed by atoms with Gasteiger partial charge >= 0.3 is 0 Å². The molecule has 3 aromatic carbocycles. The third kappa shape index (κ3) is 29.0. The number of nitrogens with one attached hydrogen (secondary N) is 9. The molecule has 0 radical (unpaired) electrons. The average molecular weight is 2010 g/mol. The highest BCUT2D eigenvalue weighted by molar-refractivity contribution is 7.85. The minimum Gasteiger partial charge on any atom is -0.486 e. The van der Waals surface area contributed by atoms with E-state index in [0.29, 0.717) is 110 Å². The van der Waals surface area contributed by atoms with Gasteiger partial charge in [-0.25, -0.2) is 8.78 Å². The Morgan fingerprint density at radius 2 is 1.32 bits per heavy atom. The number of rotatable bonds is 60. The van der Waals surface area contributed by atoms with Crippen LogP contribution in [0.25, 0.3) is 11.4 Å². The molecule has 4 fully saturated rings. The molecule has 3 saturated carbocycles. The number of hydrogen-bond donors (Lipinski definition) is 11. The molecule has 4 aliphatic heterocycles. The Bertz CT molecular complexity index is 5050. The first-order chi connectivity index (χ1) is 68.3. The van der Waals surface area contributed by atoms with Crippen LogP contribution in [-0.2, 0) is 117 Å².